The molecule has 0 spiro atoms. The van der Waals surface area contributed by atoms with Gasteiger partial charge in [0.15, 0.2) is 5.75 Å². The van der Waals surface area contributed by atoms with Crippen molar-refractivity contribution in [2.45, 2.75) is 38.7 Å². The minimum atomic E-state index is -1.15. The average Bonchev–Trinajstić information content (AvgIpc) is 2.78. The standard InChI is InChI=1S/C15H20N2O4S/c1-4-5-20-15-7-16-12(6-14(15)18)8-22(19)9-13-10(2)17-21-11(13)3/h6-7H,4-5,8-9H2,1-3H3,(H,16,18). The molecule has 0 radical (unpaired) electrons. The highest BCUT2D eigenvalue weighted by Crippen LogP contribution is 2.16. The van der Waals surface area contributed by atoms with E-state index in [4.69, 9.17) is 9.26 Å². The molecule has 6 nitrogen and oxygen atoms in total. The van der Waals surface area contributed by atoms with Crippen LogP contribution in [0.3, 0.4) is 0 Å². The molecule has 0 saturated carbocycles. The number of H-pyrrole nitrogens is 1. The van der Waals surface area contributed by atoms with E-state index < -0.39 is 10.8 Å². The Kier molecular flexibility index (Phi) is 5.54. The molecular formula is C15H20N2O4S. The number of nitrogens with one attached hydrogen (secondary N) is 1. The molecule has 2 heterocycles. The smallest absolute Gasteiger partial charge is 0.223 e. The van der Waals surface area contributed by atoms with Crippen molar-refractivity contribution in [3.63, 3.8) is 0 Å². The highest BCUT2D eigenvalue weighted by atomic mass is 32.2. The minimum Gasteiger partial charge on any atom is -0.488 e. The van der Waals surface area contributed by atoms with E-state index >= 15 is 0 Å². The number of nitrogens with zero attached hydrogens (tertiary/aromatic N) is 1. The zero-order chi connectivity index (χ0) is 16.1. The van der Waals surface area contributed by atoms with Gasteiger partial charge in [0.1, 0.15) is 5.76 Å². The molecule has 1 atom stereocenters. The summed E-state index contributed by atoms with van der Waals surface area (Å²) in [5.74, 6) is 1.61. The highest BCUT2D eigenvalue weighted by Gasteiger charge is 2.13. The van der Waals surface area contributed by atoms with Crippen LogP contribution in [0.15, 0.2) is 21.6 Å². The fraction of sp³-hybridized carbons (Fsp3) is 0.467. The van der Waals surface area contributed by atoms with E-state index in [0.29, 0.717) is 29.6 Å². The Morgan fingerprint density at radius 3 is 2.73 bits per heavy atom. The first-order valence-electron chi connectivity index (χ1n) is 7.12. The Labute approximate surface area is 131 Å². The molecule has 0 amide bonds. The third-order valence-electron chi connectivity index (χ3n) is 3.20. The van der Waals surface area contributed by atoms with Crippen LogP contribution in [0.4, 0.5) is 0 Å². The second-order valence-corrected chi connectivity index (χ2v) is 6.52. The summed E-state index contributed by atoms with van der Waals surface area (Å²) in [4.78, 5) is 14.9. The Morgan fingerprint density at radius 2 is 2.14 bits per heavy atom. The van der Waals surface area contributed by atoms with Gasteiger partial charge in [-0.2, -0.15) is 0 Å². The molecule has 7 heteroatoms. The summed E-state index contributed by atoms with van der Waals surface area (Å²) in [5.41, 5.74) is 2.04. The first kappa shape index (κ1) is 16.5. The molecule has 0 fully saturated rings. The van der Waals surface area contributed by atoms with Gasteiger partial charge >= 0.3 is 0 Å². The van der Waals surface area contributed by atoms with E-state index in [1.165, 1.54) is 12.3 Å². The Morgan fingerprint density at radius 1 is 1.36 bits per heavy atom. The van der Waals surface area contributed by atoms with Crippen molar-refractivity contribution in [1.82, 2.24) is 10.1 Å². The summed E-state index contributed by atoms with van der Waals surface area (Å²) in [7, 11) is -1.15. The SMILES string of the molecule is CCCOc1c[nH]c(CS(=O)Cc2c(C)noc2C)cc1=O. The van der Waals surface area contributed by atoms with Crippen molar-refractivity contribution in [3.8, 4) is 5.75 Å². The predicted octanol–water partition coefficient (Wildman–Crippen LogP) is 2.22. The van der Waals surface area contributed by atoms with E-state index in [-0.39, 0.29) is 11.2 Å². The van der Waals surface area contributed by atoms with Crippen LogP contribution < -0.4 is 10.2 Å². The van der Waals surface area contributed by atoms with Gasteiger partial charge in [0.05, 0.1) is 23.8 Å². The number of aromatic nitrogens is 2. The molecule has 1 unspecified atom stereocenters. The van der Waals surface area contributed by atoms with Crippen molar-refractivity contribution in [3.05, 3.63) is 45.2 Å². The Hall–Kier alpha value is -1.89. The van der Waals surface area contributed by atoms with E-state index in [2.05, 4.69) is 10.1 Å². The van der Waals surface area contributed by atoms with Gasteiger partial charge < -0.3 is 14.2 Å². The molecule has 1 N–H and O–H groups in total. The van der Waals surface area contributed by atoms with Crippen LogP contribution in [0.5, 0.6) is 5.75 Å². The second kappa shape index (κ2) is 7.40. The largest absolute Gasteiger partial charge is 0.488 e. The lowest BCUT2D eigenvalue weighted by Gasteiger charge is -2.06. The molecule has 22 heavy (non-hydrogen) atoms. The summed E-state index contributed by atoms with van der Waals surface area (Å²) in [5, 5.41) is 3.85. The van der Waals surface area contributed by atoms with Crippen LogP contribution in [0.25, 0.3) is 0 Å². The lowest BCUT2D eigenvalue weighted by Crippen LogP contribution is -2.11. The first-order valence-corrected chi connectivity index (χ1v) is 8.61. The maximum Gasteiger partial charge on any atom is 0.223 e. The Bertz CT molecular complexity index is 701. The number of pyridine rings is 1. The lowest BCUT2D eigenvalue weighted by atomic mass is 10.2. The van der Waals surface area contributed by atoms with Gasteiger partial charge in [0.2, 0.25) is 5.43 Å². The predicted molar refractivity (Wildman–Crippen MR) is 84.4 cm³/mol. The topological polar surface area (TPSA) is 85.2 Å². The highest BCUT2D eigenvalue weighted by molar-refractivity contribution is 7.83. The third kappa shape index (κ3) is 4.07. The normalized spacial score (nSPS) is 12.3. The summed E-state index contributed by atoms with van der Waals surface area (Å²) >= 11 is 0. The molecule has 2 aromatic rings. The van der Waals surface area contributed by atoms with Crippen molar-refractivity contribution in [2.75, 3.05) is 6.61 Å². The van der Waals surface area contributed by atoms with Crippen LogP contribution in [-0.2, 0) is 22.3 Å². The number of rotatable bonds is 7. The van der Waals surface area contributed by atoms with Gasteiger partial charge in [-0.3, -0.25) is 9.00 Å². The number of hydrogen-bond acceptors (Lipinski definition) is 5. The Balaban J connectivity index is 2.03. The van der Waals surface area contributed by atoms with E-state index in [9.17, 15) is 9.00 Å². The van der Waals surface area contributed by atoms with Gasteiger partial charge in [-0.1, -0.05) is 12.1 Å². The summed E-state index contributed by atoms with van der Waals surface area (Å²) < 4.78 is 22.6. The van der Waals surface area contributed by atoms with E-state index in [1.807, 2.05) is 13.8 Å². The van der Waals surface area contributed by atoms with Crippen molar-refractivity contribution < 1.29 is 13.5 Å². The van der Waals surface area contributed by atoms with Gasteiger partial charge in [-0.15, -0.1) is 0 Å². The molecule has 0 aliphatic heterocycles. The molecule has 120 valence electrons. The third-order valence-corrected chi connectivity index (χ3v) is 4.45. The van der Waals surface area contributed by atoms with Crippen LogP contribution in [0.1, 0.15) is 36.1 Å². The van der Waals surface area contributed by atoms with E-state index in [1.54, 1.807) is 6.92 Å². The summed E-state index contributed by atoms with van der Waals surface area (Å²) in [6.07, 6.45) is 2.36. The lowest BCUT2D eigenvalue weighted by molar-refractivity contribution is 0.313. The number of ether oxygens (including phenoxy) is 1. The molecular weight excluding hydrogens is 304 g/mol. The number of aromatic amines is 1. The maximum atomic E-state index is 12.2. The summed E-state index contributed by atoms with van der Waals surface area (Å²) in [6, 6.07) is 1.44. The van der Waals surface area contributed by atoms with Crippen LogP contribution in [-0.4, -0.2) is 21.0 Å². The average molecular weight is 324 g/mol. The molecule has 2 aromatic heterocycles. The zero-order valence-corrected chi connectivity index (χ0v) is 13.8. The van der Waals surface area contributed by atoms with Crippen molar-refractivity contribution in [1.29, 1.82) is 0 Å². The van der Waals surface area contributed by atoms with E-state index in [0.717, 1.165) is 17.7 Å². The quantitative estimate of drug-likeness (QED) is 0.844. The molecule has 0 aliphatic carbocycles. The monoisotopic (exact) mass is 324 g/mol. The number of hydrogen-bond donors (Lipinski definition) is 1. The molecule has 0 saturated heterocycles. The molecule has 0 bridgehead atoms. The molecule has 2 rings (SSSR count). The minimum absolute atomic E-state index is 0.198. The van der Waals surface area contributed by atoms with Gasteiger partial charge in [0, 0.05) is 34.3 Å². The molecule has 0 aromatic carbocycles. The summed E-state index contributed by atoms with van der Waals surface area (Å²) in [6.45, 7) is 6.10. The van der Waals surface area contributed by atoms with Gasteiger partial charge in [-0.05, 0) is 20.3 Å². The van der Waals surface area contributed by atoms with Crippen LogP contribution >= 0.6 is 0 Å². The van der Waals surface area contributed by atoms with Crippen LogP contribution in [0, 0.1) is 13.8 Å². The van der Waals surface area contributed by atoms with Gasteiger partial charge in [0.25, 0.3) is 0 Å². The van der Waals surface area contributed by atoms with Crippen molar-refractivity contribution in [2.24, 2.45) is 0 Å². The number of aryl methyl sites for hydroxylation is 2. The second-order valence-electron chi connectivity index (χ2n) is 5.07. The first-order chi connectivity index (χ1) is 10.5. The molecule has 0 aliphatic rings. The van der Waals surface area contributed by atoms with Crippen LogP contribution in [0.2, 0.25) is 0 Å². The fourth-order valence-electron chi connectivity index (χ4n) is 2.00. The fourth-order valence-corrected chi connectivity index (χ4v) is 3.35. The maximum absolute atomic E-state index is 12.2. The van der Waals surface area contributed by atoms with Crippen molar-refractivity contribution >= 4 is 10.8 Å². The zero-order valence-electron chi connectivity index (χ0n) is 13.0. The van der Waals surface area contributed by atoms with Gasteiger partial charge in [-0.25, -0.2) is 0 Å².